The average Bonchev–Trinajstić information content (AvgIpc) is 2.71. The minimum Gasteiger partial charge on any atom is -0.381 e. The van der Waals surface area contributed by atoms with E-state index in [1.165, 1.54) is 24.8 Å². The van der Waals surface area contributed by atoms with Gasteiger partial charge in [0.25, 0.3) is 0 Å². The molecule has 5 nitrogen and oxygen atoms in total. The summed E-state index contributed by atoms with van der Waals surface area (Å²) in [5.41, 5.74) is 1.61. The van der Waals surface area contributed by atoms with Gasteiger partial charge in [0.15, 0.2) is 0 Å². The first-order valence-corrected chi connectivity index (χ1v) is 10.4. The number of piperidine rings is 1. The molecule has 26 heavy (non-hydrogen) atoms. The van der Waals surface area contributed by atoms with Gasteiger partial charge in [-0.05, 0) is 63.1 Å². The number of nitrogens with zero attached hydrogens (tertiary/aromatic N) is 2. The fraction of sp³-hybridized carbons (Fsp3) is 0.762. The van der Waals surface area contributed by atoms with Crippen LogP contribution in [0.5, 0.6) is 0 Å². The highest BCUT2D eigenvalue weighted by Crippen LogP contribution is 2.50. The van der Waals surface area contributed by atoms with E-state index in [9.17, 15) is 0 Å². The molecular weight excluding hydrogens is 326 g/mol. The van der Waals surface area contributed by atoms with E-state index >= 15 is 0 Å². The van der Waals surface area contributed by atoms with Crippen LogP contribution in [0.25, 0.3) is 0 Å². The highest BCUT2D eigenvalue weighted by Gasteiger charge is 2.55. The van der Waals surface area contributed by atoms with Gasteiger partial charge in [-0.3, -0.25) is 0 Å². The highest BCUT2D eigenvalue weighted by molar-refractivity contribution is 5.41. The Labute approximate surface area is 157 Å². The van der Waals surface area contributed by atoms with E-state index < -0.39 is 0 Å². The smallest absolute Gasteiger partial charge is 0.128 e. The molecule has 144 valence electrons. The zero-order valence-corrected chi connectivity index (χ0v) is 16.1. The van der Waals surface area contributed by atoms with Crippen molar-refractivity contribution in [2.24, 2.45) is 5.41 Å². The quantitative estimate of drug-likeness (QED) is 0.845. The Kier molecular flexibility index (Phi) is 5.77. The molecule has 3 fully saturated rings. The van der Waals surface area contributed by atoms with Crippen molar-refractivity contribution in [3.8, 4) is 0 Å². The number of hydrogen-bond donors (Lipinski definition) is 1. The summed E-state index contributed by atoms with van der Waals surface area (Å²) in [6.07, 6.45) is 9.65. The standard InChI is InChI=1S/C21H33N3O2/c1-2-26-19-15-18(21(19)7-12-25-13-8-21)23-16-17-6-9-22-20(14-17)24-10-4-3-5-11-24/h6,9,14,18-19,23H,2-5,7-8,10-13,15-16H2,1H3/t18-,19+/m1/s1. The lowest BCUT2D eigenvalue weighted by Gasteiger charge is -2.57. The number of nitrogens with one attached hydrogen (secondary N) is 1. The predicted octanol–water partition coefficient (Wildman–Crippen LogP) is 3.14. The van der Waals surface area contributed by atoms with E-state index in [-0.39, 0.29) is 5.41 Å². The van der Waals surface area contributed by atoms with E-state index in [1.807, 2.05) is 6.20 Å². The maximum Gasteiger partial charge on any atom is 0.128 e. The Morgan fingerprint density at radius 2 is 2.08 bits per heavy atom. The second-order valence-electron chi connectivity index (χ2n) is 8.03. The molecule has 1 aromatic rings. The number of anilines is 1. The van der Waals surface area contributed by atoms with Crippen molar-refractivity contribution in [1.82, 2.24) is 10.3 Å². The van der Waals surface area contributed by atoms with Gasteiger partial charge < -0.3 is 19.7 Å². The van der Waals surface area contributed by atoms with Crippen molar-refractivity contribution in [1.29, 1.82) is 0 Å². The van der Waals surface area contributed by atoms with Gasteiger partial charge in [0.2, 0.25) is 0 Å². The zero-order valence-electron chi connectivity index (χ0n) is 16.1. The third-order valence-electron chi connectivity index (χ3n) is 6.62. The Morgan fingerprint density at radius 1 is 1.27 bits per heavy atom. The lowest BCUT2D eigenvalue weighted by molar-refractivity contribution is -0.173. The van der Waals surface area contributed by atoms with Crippen LogP contribution in [0.1, 0.15) is 51.0 Å². The summed E-state index contributed by atoms with van der Waals surface area (Å²) in [5, 5.41) is 3.83. The highest BCUT2D eigenvalue weighted by atomic mass is 16.5. The van der Waals surface area contributed by atoms with Gasteiger partial charge in [0, 0.05) is 57.1 Å². The fourth-order valence-electron chi connectivity index (χ4n) is 5.00. The summed E-state index contributed by atoms with van der Waals surface area (Å²) in [5.74, 6) is 1.14. The number of rotatable bonds is 6. The normalized spacial score (nSPS) is 28.1. The minimum absolute atomic E-state index is 0.275. The Morgan fingerprint density at radius 3 is 2.85 bits per heavy atom. The van der Waals surface area contributed by atoms with Crippen LogP contribution < -0.4 is 10.2 Å². The Hall–Kier alpha value is -1.17. The number of hydrogen-bond acceptors (Lipinski definition) is 5. The molecule has 1 saturated carbocycles. The second-order valence-corrected chi connectivity index (χ2v) is 8.03. The van der Waals surface area contributed by atoms with Crippen molar-refractivity contribution in [2.75, 3.05) is 37.8 Å². The largest absolute Gasteiger partial charge is 0.381 e. The van der Waals surface area contributed by atoms with Crippen molar-refractivity contribution < 1.29 is 9.47 Å². The first-order chi connectivity index (χ1) is 12.8. The maximum absolute atomic E-state index is 6.04. The van der Waals surface area contributed by atoms with Gasteiger partial charge in [0.05, 0.1) is 6.10 Å². The molecule has 0 bridgehead atoms. The summed E-state index contributed by atoms with van der Waals surface area (Å²) in [4.78, 5) is 7.04. The minimum atomic E-state index is 0.275. The molecule has 0 amide bonds. The molecule has 0 radical (unpaired) electrons. The van der Waals surface area contributed by atoms with Gasteiger partial charge >= 0.3 is 0 Å². The average molecular weight is 360 g/mol. The summed E-state index contributed by atoms with van der Waals surface area (Å²) in [6.45, 7) is 7.86. The first-order valence-electron chi connectivity index (χ1n) is 10.4. The Bertz CT molecular complexity index is 582. The van der Waals surface area contributed by atoms with Gasteiger partial charge in [-0.2, -0.15) is 0 Å². The molecule has 1 N–H and O–H groups in total. The molecule has 2 saturated heterocycles. The molecule has 1 aromatic heterocycles. The molecule has 1 spiro atoms. The third-order valence-corrected chi connectivity index (χ3v) is 6.62. The van der Waals surface area contributed by atoms with E-state index in [4.69, 9.17) is 9.47 Å². The van der Waals surface area contributed by atoms with Crippen LogP contribution in [0, 0.1) is 5.41 Å². The van der Waals surface area contributed by atoms with Crippen LogP contribution >= 0.6 is 0 Å². The molecule has 3 aliphatic rings. The molecule has 4 rings (SSSR count). The molecule has 3 heterocycles. The summed E-state index contributed by atoms with van der Waals surface area (Å²) in [6, 6.07) is 4.96. The monoisotopic (exact) mass is 359 g/mol. The molecule has 0 aromatic carbocycles. The topological polar surface area (TPSA) is 46.6 Å². The zero-order chi connectivity index (χ0) is 17.8. The van der Waals surface area contributed by atoms with Gasteiger partial charge in [-0.1, -0.05) is 0 Å². The van der Waals surface area contributed by atoms with E-state index in [2.05, 4.69) is 34.3 Å². The fourth-order valence-corrected chi connectivity index (χ4v) is 5.00. The third kappa shape index (κ3) is 3.62. The molecule has 1 aliphatic carbocycles. The van der Waals surface area contributed by atoms with Crippen LogP contribution in [0.3, 0.4) is 0 Å². The van der Waals surface area contributed by atoms with Gasteiger partial charge in [-0.25, -0.2) is 4.98 Å². The molecule has 0 unspecified atom stereocenters. The summed E-state index contributed by atoms with van der Waals surface area (Å²) in [7, 11) is 0. The van der Waals surface area contributed by atoms with Crippen LogP contribution in [-0.2, 0) is 16.0 Å². The number of pyridine rings is 1. The van der Waals surface area contributed by atoms with Crippen molar-refractivity contribution >= 4 is 5.82 Å². The SMILES string of the molecule is CCO[C@H]1C[C@@H](NCc2ccnc(N3CCCCC3)c2)C12CCOCC2. The van der Waals surface area contributed by atoms with Gasteiger partial charge in [0.1, 0.15) is 5.82 Å². The van der Waals surface area contributed by atoms with Crippen molar-refractivity contribution in [2.45, 2.75) is 64.1 Å². The Balaban J connectivity index is 1.37. The van der Waals surface area contributed by atoms with Crippen LogP contribution in [0.2, 0.25) is 0 Å². The first kappa shape index (κ1) is 18.2. The summed E-state index contributed by atoms with van der Waals surface area (Å²) < 4.78 is 11.7. The van der Waals surface area contributed by atoms with Crippen molar-refractivity contribution in [3.63, 3.8) is 0 Å². The van der Waals surface area contributed by atoms with Crippen molar-refractivity contribution in [3.05, 3.63) is 23.9 Å². The van der Waals surface area contributed by atoms with Crippen LogP contribution in [-0.4, -0.2) is 50.0 Å². The summed E-state index contributed by atoms with van der Waals surface area (Å²) >= 11 is 0. The van der Waals surface area contributed by atoms with E-state index in [0.29, 0.717) is 12.1 Å². The lowest BCUT2D eigenvalue weighted by Crippen LogP contribution is -2.65. The van der Waals surface area contributed by atoms with Gasteiger partial charge in [-0.15, -0.1) is 0 Å². The number of aromatic nitrogens is 1. The van der Waals surface area contributed by atoms with E-state index in [1.54, 1.807) is 0 Å². The van der Waals surface area contributed by atoms with Crippen LogP contribution in [0.4, 0.5) is 5.82 Å². The number of ether oxygens (including phenoxy) is 2. The predicted molar refractivity (Wildman–Crippen MR) is 103 cm³/mol. The van der Waals surface area contributed by atoms with E-state index in [0.717, 1.165) is 64.5 Å². The van der Waals surface area contributed by atoms with Crippen LogP contribution in [0.15, 0.2) is 18.3 Å². The molecule has 5 heteroatoms. The lowest BCUT2D eigenvalue weighted by atomic mass is 9.57. The molecule has 2 atom stereocenters. The second kappa shape index (κ2) is 8.24. The molecular formula is C21H33N3O2. The maximum atomic E-state index is 6.04. The molecule has 2 aliphatic heterocycles.